The molecule has 7 heteroatoms. The summed E-state index contributed by atoms with van der Waals surface area (Å²) in [6.07, 6.45) is 3.30. The predicted octanol–water partition coefficient (Wildman–Crippen LogP) is 1.56. The minimum atomic E-state index is -0.516. The van der Waals surface area contributed by atoms with Gasteiger partial charge in [0.2, 0.25) is 5.91 Å². The normalized spacial score (nSPS) is 10.8. The number of rotatable bonds is 4. The Balaban J connectivity index is 1.81. The summed E-state index contributed by atoms with van der Waals surface area (Å²) < 4.78 is 14.6. The van der Waals surface area contributed by atoms with Gasteiger partial charge in [-0.15, -0.1) is 0 Å². The molecule has 0 unspecified atom stereocenters. The number of aryl methyl sites for hydroxylation is 1. The van der Waals surface area contributed by atoms with E-state index in [0.717, 1.165) is 11.6 Å². The van der Waals surface area contributed by atoms with E-state index in [0.29, 0.717) is 17.9 Å². The number of amides is 1. The number of benzene rings is 1. The Morgan fingerprint density at radius 2 is 2.17 bits per heavy atom. The first-order chi connectivity index (χ1) is 11.5. The maximum atomic E-state index is 13.4. The van der Waals surface area contributed by atoms with Crippen molar-refractivity contribution in [3.63, 3.8) is 0 Å². The minimum absolute atomic E-state index is 0.153. The fourth-order valence-corrected chi connectivity index (χ4v) is 2.39. The molecule has 0 aliphatic heterocycles. The van der Waals surface area contributed by atoms with Gasteiger partial charge in [0, 0.05) is 18.9 Å². The Hall–Kier alpha value is -3.09. The largest absolute Gasteiger partial charge is 0.350 e. The molecule has 0 spiro atoms. The quantitative estimate of drug-likeness (QED) is 0.789. The van der Waals surface area contributed by atoms with Crippen molar-refractivity contribution in [3.05, 3.63) is 70.3 Å². The van der Waals surface area contributed by atoms with Crippen molar-refractivity contribution in [1.29, 1.82) is 0 Å². The Labute approximate surface area is 137 Å². The number of carbonyl (C=O) groups excluding carboxylic acids is 1. The highest BCUT2D eigenvalue weighted by Crippen LogP contribution is 2.10. The molecule has 6 nitrogen and oxygen atoms in total. The minimum Gasteiger partial charge on any atom is -0.350 e. The maximum Gasteiger partial charge on any atom is 0.261 e. The molecule has 1 amide bonds. The predicted molar refractivity (Wildman–Crippen MR) is 86.8 cm³/mol. The Kier molecular flexibility index (Phi) is 4.33. The lowest BCUT2D eigenvalue weighted by molar-refractivity contribution is -0.121. The number of fused-ring (bicyclic) bond motifs is 1. The number of nitrogens with one attached hydrogen (secondary N) is 1. The van der Waals surface area contributed by atoms with E-state index in [1.165, 1.54) is 16.7 Å². The summed E-state index contributed by atoms with van der Waals surface area (Å²) in [6, 6.07) is 7.45. The van der Waals surface area contributed by atoms with Crippen LogP contribution in [-0.2, 0) is 17.9 Å². The lowest BCUT2D eigenvalue weighted by Crippen LogP contribution is -2.33. The summed E-state index contributed by atoms with van der Waals surface area (Å²) in [7, 11) is 0. The zero-order valence-corrected chi connectivity index (χ0v) is 13.0. The molecular formula is C17H15FN4O2. The lowest BCUT2D eigenvalue weighted by atomic mass is 10.2. The second kappa shape index (κ2) is 6.57. The van der Waals surface area contributed by atoms with E-state index < -0.39 is 11.4 Å². The van der Waals surface area contributed by atoms with Gasteiger partial charge in [-0.25, -0.2) is 9.37 Å². The van der Waals surface area contributed by atoms with E-state index in [9.17, 15) is 14.0 Å². The topological polar surface area (TPSA) is 76.9 Å². The number of aromatic nitrogens is 3. The van der Waals surface area contributed by atoms with Crippen LogP contribution in [0.15, 0.2) is 47.5 Å². The molecule has 2 aromatic heterocycles. The summed E-state index contributed by atoms with van der Waals surface area (Å²) >= 11 is 0. The lowest BCUT2D eigenvalue weighted by Gasteiger charge is -2.11. The van der Waals surface area contributed by atoms with Crippen LogP contribution in [0, 0.1) is 12.7 Å². The number of hydrogen-bond acceptors (Lipinski definition) is 4. The van der Waals surface area contributed by atoms with E-state index in [4.69, 9.17) is 0 Å². The Morgan fingerprint density at radius 1 is 1.33 bits per heavy atom. The van der Waals surface area contributed by atoms with Crippen LogP contribution in [0.5, 0.6) is 0 Å². The first-order valence-corrected chi connectivity index (χ1v) is 7.37. The molecule has 0 fully saturated rings. The zero-order chi connectivity index (χ0) is 17.1. The first kappa shape index (κ1) is 15.8. The van der Waals surface area contributed by atoms with Crippen LogP contribution in [0.2, 0.25) is 0 Å². The van der Waals surface area contributed by atoms with Crippen molar-refractivity contribution in [2.45, 2.75) is 20.0 Å². The van der Waals surface area contributed by atoms with E-state index in [-0.39, 0.29) is 17.8 Å². The first-order valence-electron chi connectivity index (χ1n) is 7.37. The molecule has 0 radical (unpaired) electrons. The Bertz CT molecular complexity index is 954. The highest BCUT2D eigenvalue weighted by molar-refractivity contribution is 5.79. The van der Waals surface area contributed by atoms with E-state index in [2.05, 4.69) is 15.3 Å². The van der Waals surface area contributed by atoms with Crippen LogP contribution >= 0.6 is 0 Å². The number of pyridine rings is 1. The maximum absolute atomic E-state index is 13.4. The smallest absolute Gasteiger partial charge is 0.261 e. The van der Waals surface area contributed by atoms with Crippen molar-refractivity contribution < 1.29 is 9.18 Å². The monoisotopic (exact) mass is 326 g/mol. The molecule has 1 N–H and O–H groups in total. The highest BCUT2D eigenvalue weighted by Gasteiger charge is 2.12. The molecular weight excluding hydrogens is 311 g/mol. The third-order valence-corrected chi connectivity index (χ3v) is 3.62. The highest BCUT2D eigenvalue weighted by atomic mass is 19.1. The SMILES string of the molecule is Cc1nc2ccc(F)cc2c(=O)n1CC(=O)NCc1cccnc1. The molecule has 3 rings (SSSR count). The van der Waals surface area contributed by atoms with Crippen LogP contribution in [0.3, 0.4) is 0 Å². The summed E-state index contributed by atoms with van der Waals surface area (Å²) in [5.74, 6) is -0.449. The molecule has 0 bridgehead atoms. The van der Waals surface area contributed by atoms with E-state index in [1.807, 2.05) is 6.07 Å². The standard InChI is InChI=1S/C17H15FN4O2/c1-11-21-15-5-4-13(18)7-14(15)17(24)22(11)10-16(23)20-9-12-3-2-6-19-8-12/h2-8H,9-10H2,1H3,(H,20,23). The molecule has 0 saturated carbocycles. The molecule has 0 aliphatic rings. The second-order valence-electron chi connectivity index (χ2n) is 5.35. The summed E-state index contributed by atoms with van der Waals surface area (Å²) in [5.41, 5.74) is 0.827. The van der Waals surface area contributed by atoms with Gasteiger partial charge in [-0.05, 0) is 36.8 Å². The molecule has 1 aromatic carbocycles. The zero-order valence-electron chi connectivity index (χ0n) is 13.0. The molecule has 2 heterocycles. The van der Waals surface area contributed by atoms with Crippen LogP contribution in [-0.4, -0.2) is 20.4 Å². The van der Waals surface area contributed by atoms with Gasteiger partial charge in [0.1, 0.15) is 18.2 Å². The molecule has 0 saturated heterocycles. The van der Waals surface area contributed by atoms with Crippen molar-refractivity contribution >= 4 is 16.8 Å². The molecule has 3 aromatic rings. The average molecular weight is 326 g/mol. The third-order valence-electron chi connectivity index (χ3n) is 3.62. The summed E-state index contributed by atoms with van der Waals surface area (Å²) in [4.78, 5) is 32.8. The number of nitrogens with zero attached hydrogens (tertiary/aromatic N) is 3. The molecule has 0 aliphatic carbocycles. The third kappa shape index (κ3) is 3.29. The molecule has 0 atom stereocenters. The van der Waals surface area contributed by atoms with Crippen molar-refractivity contribution in [2.24, 2.45) is 0 Å². The summed E-state index contributed by atoms with van der Waals surface area (Å²) in [6.45, 7) is 1.78. The summed E-state index contributed by atoms with van der Waals surface area (Å²) in [5, 5.41) is 2.87. The van der Waals surface area contributed by atoms with Gasteiger partial charge >= 0.3 is 0 Å². The fourth-order valence-electron chi connectivity index (χ4n) is 2.39. The number of halogens is 1. The van der Waals surface area contributed by atoms with Gasteiger partial charge in [0.15, 0.2) is 0 Å². The van der Waals surface area contributed by atoms with Gasteiger partial charge in [0.25, 0.3) is 5.56 Å². The van der Waals surface area contributed by atoms with Crippen molar-refractivity contribution in [3.8, 4) is 0 Å². The van der Waals surface area contributed by atoms with Crippen molar-refractivity contribution in [2.75, 3.05) is 0 Å². The molecule has 24 heavy (non-hydrogen) atoms. The van der Waals surface area contributed by atoms with Gasteiger partial charge in [-0.3, -0.25) is 19.1 Å². The number of carbonyl (C=O) groups is 1. The van der Waals surface area contributed by atoms with E-state index in [1.54, 1.807) is 25.4 Å². The van der Waals surface area contributed by atoms with Crippen molar-refractivity contribution in [1.82, 2.24) is 19.9 Å². The van der Waals surface area contributed by atoms with Gasteiger partial charge < -0.3 is 5.32 Å². The molecule has 122 valence electrons. The van der Waals surface area contributed by atoms with E-state index >= 15 is 0 Å². The van der Waals surface area contributed by atoms with Gasteiger partial charge in [-0.2, -0.15) is 0 Å². The van der Waals surface area contributed by atoms with Gasteiger partial charge in [0.05, 0.1) is 10.9 Å². The average Bonchev–Trinajstić information content (AvgIpc) is 2.58. The van der Waals surface area contributed by atoms with Crippen LogP contribution in [0.4, 0.5) is 4.39 Å². The number of hydrogen-bond donors (Lipinski definition) is 1. The van der Waals surface area contributed by atoms with Crippen LogP contribution < -0.4 is 10.9 Å². The van der Waals surface area contributed by atoms with Crippen LogP contribution in [0.25, 0.3) is 10.9 Å². The second-order valence-corrected chi connectivity index (χ2v) is 5.35. The van der Waals surface area contributed by atoms with Crippen LogP contribution in [0.1, 0.15) is 11.4 Å². The fraction of sp³-hybridized carbons (Fsp3) is 0.176. The van der Waals surface area contributed by atoms with Gasteiger partial charge in [-0.1, -0.05) is 6.07 Å². The Morgan fingerprint density at radius 3 is 2.92 bits per heavy atom.